The molecule has 2 aromatic rings. The summed E-state index contributed by atoms with van der Waals surface area (Å²) in [5.74, 6) is -0.563. The fourth-order valence-electron chi connectivity index (χ4n) is 2.87. The molecule has 1 aromatic carbocycles. The highest BCUT2D eigenvalue weighted by atomic mass is 32.1. The van der Waals surface area contributed by atoms with Crippen LogP contribution in [0.15, 0.2) is 24.3 Å². The predicted octanol–water partition coefficient (Wildman–Crippen LogP) is 2.22. The molecule has 1 aromatic heterocycles. The molecular formula is C17H21FN4O2S. The summed E-state index contributed by atoms with van der Waals surface area (Å²) in [5, 5.41) is 12.0. The van der Waals surface area contributed by atoms with Crippen LogP contribution >= 0.6 is 11.3 Å². The van der Waals surface area contributed by atoms with E-state index >= 15 is 0 Å². The molecule has 1 amide bonds. The van der Waals surface area contributed by atoms with Crippen LogP contribution in [0.2, 0.25) is 0 Å². The second kappa shape index (κ2) is 7.99. The third-order valence-electron chi connectivity index (χ3n) is 3.88. The Bertz CT molecular complexity index is 712. The number of amides is 1. The molecule has 0 unspecified atom stereocenters. The summed E-state index contributed by atoms with van der Waals surface area (Å²) in [6.45, 7) is 6.79. The van der Waals surface area contributed by atoms with Gasteiger partial charge < -0.3 is 10.1 Å². The number of benzene rings is 1. The van der Waals surface area contributed by atoms with Crippen LogP contribution in [0.3, 0.4) is 0 Å². The molecular weight excluding hydrogens is 343 g/mol. The van der Waals surface area contributed by atoms with Crippen molar-refractivity contribution in [1.82, 2.24) is 20.4 Å². The molecule has 1 saturated heterocycles. The first kappa shape index (κ1) is 17.9. The smallest absolute Gasteiger partial charge is 0.282 e. The van der Waals surface area contributed by atoms with Crippen LogP contribution in [-0.2, 0) is 17.8 Å². The summed E-state index contributed by atoms with van der Waals surface area (Å²) < 4.78 is 18.6. The van der Waals surface area contributed by atoms with Crippen molar-refractivity contribution in [2.75, 3.05) is 13.1 Å². The highest BCUT2D eigenvalue weighted by molar-refractivity contribution is 7.13. The number of ether oxygens (including phenoxy) is 1. The van der Waals surface area contributed by atoms with Crippen molar-refractivity contribution in [3.63, 3.8) is 0 Å². The minimum Gasteiger partial charge on any atom is -0.373 e. The van der Waals surface area contributed by atoms with Gasteiger partial charge in [-0.2, -0.15) is 0 Å². The zero-order chi connectivity index (χ0) is 17.8. The Labute approximate surface area is 150 Å². The third kappa shape index (κ3) is 5.04. The van der Waals surface area contributed by atoms with E-state index in [9.17, 15) is 9.18 Å². The second-order valence-electron chi connectivity index (χ2n) is 6.26. The Morgan fingerprint density at radius 3 is 2.64 bits per heavy atom. The van der Waals surface area contributed by atoms with Gasteiger partial charge in [0.25, 0.3) is 5.91 Å². The van der Waals surface area contributed by atoms with Crippen LogP contribution < -0.4 is 5.32 Å². The van der Waals surface area contributed by atoms with Gasteiger partial charge in [0.05, 0.1) is 18.8 Å². The first-order valence-corrected chi connectivity index (χ1v) is 9.04. The predicted molar refractivity (Wildman–Crippen MR) is 92.8 cm³/mol. The van der Waals surface area contributed by atoms with Crippen molar-refractivity contribution in [2.24, 2.45) is 0 Å². The Morgan fingerprint density at radius 2 is 1.96 bits per heavy atom. The lowest BCUT2D eigenvalue weighted by molar-refractivity contribution is -0.0705. The summed E-state index contributed by atoms with van der Waals surface area (Å²) in [6.07, 6.45) is 0.380. The fourth-order valence-corrected chi connectivity index (χ4v) is 3.67. The van der Waals surface area contributed by atoms with Crippen molar-refractivity contribution in [3.05, 3.63) is 45.7 Å². The molecule has 6 nitrogen and oxygen atoms in total. The molecule has 134 valence electrons. The van der Waals surface area contributed by atoms with E-state index < -0.39 is 0 Å². The van der Waals surface area contributed by atoms with Gasteiger partial charge in [-0.1, -0.05) is 23.5 Å². The number of carbonyl (C=O) groups is 1. The number of rotatable bonds is 5. The zero-order valence-electron chi connectivity index (χ0n) is 14.2. The number of nitrogens with one attached hydrogen (secondary N) is 1. The van der Waals surface area contributed by atoms with Crippen molar-refractivity contribution in [1.29, 1.82) is 0 Å². The van der Waals surface area contributed by atoms with Gasteiger partial charge in [-0.3, -0.25) is 9.69 Å². The number of carbonyl (C=O) groups excluding carboxylic acids is 1. The third-order valence-corrected chi connectivity index (χ3v) is 4.79. The van der Waals surface area contributed by atoms with Gasteiger partial charge in [0.2, 0.25) is 5.01 Å². The van der Waals surface area contributed by atoms with E-state index in [-0.39, 0.29) is 23.9 Å². The first-order chi connectivity index (χ1) is 12.0. The standard InChI is InChI=1S/C17H21FN4O2S/c1-11-8-22(9-12(2)24-11)10-15-20-21-17(25-15)16(23)19-7-13-3-5-14(18)6-4-13/h3-6,11-12H,7-10H2,1-2H3,(H,19,23)/t11-,12+. The minimum atomic E-state index is -0.296. The number of hydrogen-bond acceptors (Lipinski definition) is 6. The van der Waals surface area contributed by atoms with E-state index in [4.69, 9.17) is 4.74 Å². The Balaban J connectivity index is 1.53. The van der Waals surface area contributed by atoms with Gasteiger partial charge in [0.15, 0.2) is 0 Å². The molecule has 0 radical (unpaired) electrons. The Kier molecular flexibility index (Phi) is 5.72. The normalized spacial score (nSPS) is 21.2. The van der Waals surface area contributed by atoms with Crippen LogP contribution in [0, 0.1) is 5.82 Å². The number of aromatic nitrogens is 2. The highest BCUT2D eigenvalue weighted by Gasteiger charge is 2.23. The van der Waals surface area contributed by atoms with Gasteiger partial charge in [0.1, 0.15) is 10.8 Å². The Morgan fingerprint density at radius 1 is 1.28 bits per heavy atom. The van der Waals surface area contributed by atoms with Crippen molar-refractivity contribution >= 4 is 17.2 Å². The molecule has 1 N–H and O–H groups in total. The lowest BCUT2D eigenvalue weighted by Crippen LogP contribution is -2.44. The van der Waals surface area contributed by atoms with E-state index in [0.29, 0.717) is 18.1 Å². The SMILES string of the molecule is C[C@@H]1CN(Cc2nnc(C(=O)NCc3ccc(F)cc3)s2)C[C@H](C)O1. The molecule has 2 atom stereocenters. The van der Waals surface area contributed by atoms with Gasteiger partial charge in [-0.25, -0.2) is 4.39 Å². The topological polar surface area (TPSA) is 67.4 Å². The summed E-state index contributed by atoms with van der Waals surface area (Å²) in [5.41, 5.74) is 0.829. The average Bonchev–Trinajstić information content (AvgIpc) is 3.01. The first-order valence-electron chi connectivity index (χ1n) is 8.22. The molecule has 0 bridgehead atoms. The molecule has 0 spiro atoms. The van der Waals surface area contributed by atoms with E-state index in [1.54, 1.807) is 12.1 Å². The number of nitrogens with zero attached hydrogens (tertiary/aromatic N) is 3. The van der Waals surface area contributed by atoms with Crippen LogP contribution in [0.1, 0.15) is 34.2 Å². The fraction of sp³-hybridized carbons (Fsp3) is 0.471. The quantitative estimate of drug-likeness (QED) is 0.881. The van der Waals surface area contributed by atoms with Gasteiger partial charge in [0, 0.05) is 19.6 Å². The van der Waals surface area contributed by atoms with E-state index in [0.717, 1.165) is 23.7 Å². The zero-order valence-corrected chi connectivity index (χ0v) is 15.1. The molecule has 25 heavy (non-hydrogen) atoms. The van der Waals surface area contributed by atoms with Crippen molar-refractivity contribution in [2.45, 2.75) is 39.1 Å². The van der Waals surface area contributed by atoms with Crippen LogP contribution in [-0.4, -0.2) is 46.3 Å². The summed E-state index contributed by atoms with van der Waals surface area (Å²) in [6, 6.07) is 6.02. The maximum atomic E-state index is 12.9. The maximum Gasteiger partial charge on any atom is 0.282 e. The van der Waals surface area contributed by atoms with E-state index in [1.165, 1.54) is 23.5 Å². The molecule has 3 rings (SSSR count). The van der Waals surface area contributed by atoms with Crippen molar-refractivity contribution in [3.8, 4) is 0 Å². The van der Waals surface area contributed by atoms with E-state index in [2.05, 4.69) is 34.3 Å². The lowest BCUT2D eigenvalue weighted by atomic mass is 10.2. The molecule has 1 fully saturated rings. The summed E-state index contributed by atoms with van der Waals surface area (Å²) in [4.78, 5) is 14.4. The van der Waals surface area contributed by atoms with Gasteiger partial charge >= 0.3 is 0 Å². The van der Waals surface area contributed by atoms with Crippen LogP contribution in [0.4, 0.5) is 4.39 Å². The number of hydrogen-bond donors (Lipinski definition) is 1. The summed E-state index contributed by atoms with van der Waals surface area (Å²) >= 11 is 1.30. The highest BCUT2D eigenvalue weighted by Crippen LogP contribution is 2.17. The molecule has 1 aliphatic rings. The average molecular weight is 364 g/mol. The maximum absolute atomic E-state index is 12.9. The van der Waals surface area contributed by atoms with Gasteiger partial charge in [-0.15, -0.1) is 10.2 Å². The van der Waals surface area contributed by atoms with E-state index in [1.807, 2.05) is 0 Å². The van der Waals surface area contributed by atoms with Crippen molar-refractivity contribution < 1.29 is 13.9 Å². The number of halogens is 1. The molecule has 2 heterocycles. The molecule has 0 aliphatic carbocycles. The van der Waals surface area contributed by atoms with Crippen LogP contribution in [0.5, 0.6) is 0 Å². The number of morpholine rings is 1. The largest absolute Gasteiger partial charge is 0.373 e. The monoisotopic (exact) mass is 364 g/mol. The van der Waals surface area contributed by atoms with Crippen LogP contribution in [0.25, 0.3) is 0 Å². The molecule has 1 aliphatic heterocycles. The Hall–Kier alpha value is -1.90. The summed E-state index contributed by atoms with van der Waals surface area (Å²) in [7, 11) is 0. The van der Waals surface area contributed by atoms with Gasteiger partial charge in [-0.05, 0) is 31.5 Å². The lowest BCUT2D eigenvalue weighted by Gasteiger charge is -2.34. The molecule has 8 heteroatoms. The molecule has 0 saturated carbocycles. The minimum absolute atomic E-state index is 0.190. The second-order valence-corrected chi connectivity index (χ2v) is 7.32.